The third-order valence-corrected chi connectivity index (χ3v) is 3.65. The topological polar surface area (TPSA) is 79.5 Å². The molecule has 0 spiro atoms. The molecular weight excluding hydrogens is 446 g/mol. The molecule has 1 amide bonds. The van der Waals surface area contributed by atoms with Gasteiger partial charge < -0.3 is 16.4 Å². The number of halogens is 2. The van der Waals surface area contributed by atoms with Crippen molar-refractivity contribution in [3.63, 3.8) is 0 Å². The Morgan fingerprint density at radius 1 is 1.12 bits per heavy atom. The van der Waals surface area contributed by atoms with E-state index >= 15 is 0 Å². The average Bonchev–Trinajstić information content (AvgIpc) is 2.61. The summed E-state index contributed by atoms with van der Waals surface area (Å²) in [6.07, 6.45) is 0.574. The molecule has 2 rings (SSSR count). The van der Waals surface area contributed by atoms with Gasteiger partial charge in [-0.15, -0.1) is 24.0 Å². The predicted molar refractivity (Wildman–Crippen MR) is 113 cm³/mol. The van der Waals surface area contributed by atoms with E-state index in [-0.39, 0.29) is 29.8 Å². The van der Waals surface area contributed by atoms with Gasteiger partial charge in [0.1, 0.15) is 5.82 Å². The maximum absolute atomic E-state index is 13.6. The number of nitrogens with zero attached hydrogens (tertiary/aromatic N) is 1. The number of guanidine groups is 1. The summed E-state index contributed by atoms with van der Waals surface area (Å²) in [5.74, 6) is 0.0248. The van der Waals surface area contributed by atoms with E-state index in [4.69, 9.17) is 5.73 Å². The third-order valence-electron chi connectivity index (χ3n) is 3.65. The standard InChI is InChI=1S/C19H23FN4O.HI/c1-2-22-19(23-12-11-15-5-3-4-6-17(15)20)24-13-14-7-9-16(10-8-14)18(21)25;/h3-10H,2,11-13H2,1H3,(H2,21,25)(H2,22,23,24);1H. The molecule has 0 radical (unpaired) electrons. The van der Waals surface area contributed by atoms with Crippen molar-refractivity contribution in [2.24, 2.45) is 10.7 Å². The molecule has 0 fully saturated rings. The van der Waals surface area contributed by atoms with E-state index in [2.05, 4.69) is 15.6 Å². The molecule has 140 valence electrons. The minimum atomic E-state index is -0.446. The number of carbonyl (C=O) groups is 1. The number of amides is 1. The highest BCUT2D eigenvalue weighted by atomic mass is 127. The SMILES string of the molecule is CCNC(=NCc1ccc(C(N)=O)cc1)NCCc1ccccc1F.I. The number of primary amides is 1. The number of benzene rings is 2. The molecular formula is C19H24FIN4O. The Balaban J connectivity index is 0.00000338. The quantitative estimate of drug-likeness (QED) is 0.331. The van der Waals surface area contributed by atoms with Crippen LogP contribution in [-0.4, -0.2) is 25.0 Å². The molecule has 0 aliphatic carbocycles. The van der Waals surface area contributed by atoms with E-state index in [0.717, 1.165) is 12.1 Å². The molecule has 0 aliphatic rings. The smallest absolute Gasteiger partial charge is 0.248 e. The number of hydrogen-bond acceptors (Lipinski definition) is 2. The minimum Gasteiger partial charge on any atom is -0.366 e. The van der Waals surface area contributed by atoms with Crippen LogP contribution in [0.3, 0.4) is 0 Å². The lowest BCUT2D eigenvalue weighted by Crippen LogP contribution is -2.38. The van der Waals surface area contributed by atoms with Crippen molar-refractivity contribution in [1.29, 1.82) is 0 Å². The number of nitrogens with one attached hydrogen (secondary N) is 2. The normalized spacial score (nSPS) is 10.8. The highest BCUT2D eigenvalue weighted by Crippen LogP contribution is 2.07. The monoisotopic (exact) mass is 470 g/mol. The molecule has 0 unspecified atom stereocenters. The summed E-state index contributed by atoms with van der Waals surface area (Å²) >= 11 is 0. The Bertz CT molecular complexity index is 735. The Morgan fingerprint density at radius 3 is 2.42 bits per heavy atom. The number of carbonyl (C=O) groups excluding carboxylic acids is 1. The van der Waals surface area contributed by atoms with Gasteiger partial charge >= 0.3 is 0 Å². The second-order valence-corrected chi connectivity index (χ2v) is 5.52. The maximum Gasteiger partial charge on any atom is 0.248 e. The van der Waals surface area contributed by atoms with Crippen LogP contribution in [0.5, 0.6) is 0 Å². The zero-order valence-electron chi connectivity index (χ0n) is 14.7. The van der Waals surface area contributed by atoms with Crippen molar-refractivity contribution in [1.82, 2.24) is 10.6 Å². The van der Waals surface area contributed by atoms with Gasteiger partial charge in [0.25, 0.3) is 0 Å². The number of nitrogens with two attached hydrogens (primary N) is 1. The van der Waals surface area contributed by atoms with Crippen molar-refractivity contribution in [2.75, 3.05) is 13.1 Å². The van der Waals surface area contributed by atoms with Crippen LogP contribution in [0, 0.1) is 5.82 Å². The van der Waals surface area contributed by atoms with Crippen LogP contribution in [0.2, 0.25) is 0 Å². The lowest BCUT2D eigenvalue weighted by molar-refractivity contribution is 0.100. The number of rotatable bonds is 7. The van der Waals surface area contributed by atoms with Gasteiger partial charge in [0.05, 0.1) is 6.54 Å². The van der Waals surface area contributed by atoms with E-state index in [9.17, 15) is 9.18 Å². The highest BCUT2D eigenvalue weighted by Gasteiger charge is 2.03. The number of aliphatic imine (C=N–C) groups is 1. The maximum atomic E-state index is 13.6. The molecule has 0 heterocycles. The summed E-state index contributed by atoms with van der Waals surface area (Å²) in [6.45, 7) is 3.75. The molecule has 0 aromatic heterocycles. The lowest BCUT2D eigenvalue weighted by atomic mass is 10.1. The van der Waals surface area contributed by atoms with E-state index in [1.807, 2.05) is 25.1 Å². The van der Waals surface area contributed by atoms with E-state index in [0.29, 0.717) is 36.6 Å². The van der Waals surface area contributed by atoms with Crippen molar-refractivity contribution < 1.29 is 9.18 Å². The van der Waals surface area contributed by atoms with E-state index in [1.54, 1.807) is 24.3 Å². The highest BCUT2D eigenvalue weighted by molar-refractivity contribution is 14.0. The van der Waals surface area contributed by atoms with Gasteiger partial charge in [-0.3, -0.25) is 4.79 Å². The summed E-state index contributed by atoms with van der Waals surface area (Å²) in [5, 5.41) is 6.35. The third kappa shape index (κ3) is 6.99. The first-order chi connectivity index (χ1) is 12.1. The predicted octanol–water partition coefficient (Wildman–Crippen LogP) is 2.84. The van der Waals surface area contributed by atoms with Gasteiger partial charge in [0.15, 0.2) is 5.96 Å². The molecule has 4 N–H and O–H groups in total. The zero-order chi connectivity index (χ0) is 18.1. The van der Waals surface area contributed by atoms with Gasteiger partial charge in [0, 0.05) is 18.7 Å². The van der Waals surface area contributed by atoms with Crippen molar-refractivity contribution in [2.45, 2.75) is 19.9 Å². The summed E-state index contributed by atoms with van der Waals surface area (Å²) < 4.78 is 13.6. The van der Waals surface area contributed by atoms with Gasteiger partial charge in [-0.1, -0.05) is 30.3 Å². The van der Waals surface area contributed by atoms with E-state index < -0.39 is 5.91 Å². The zero-order valence-corrected chi connectivity index (χ0v) is 17.0. The van der Waals surface area contributed by atoms with Crippen LogP contribution < -0.4 is 16.4 Å². The molecule has 2 aromatic carbocycles. The van der Waals surface area contributed by atoms with Crippen molar-refractivity contribution in [3.05, 3.63) is 71.0 Å². The van der Waals surface area contributed by atoms with Crippen LogP contribution in [-0.2, 0) is 13.0 Å². The molecule has 0 bridgehead atoms. The van der Waals surface area contributed by atoms with Gasteiger partial charge in [0.2, 0.25) is 5.91 Å². The molecule has 0 saturated carbocycles. The molecule has 7 heteroatoms. The Labute approximate surface area is 170 Å². The summed E-state index contributed by atoms with van der Waals surface area (Å²) in [6, 6.07) is 13.8. The molecule has 0 aliphatic heterocycles. The fourth-order valence-corrected chi connectivity index (χ4v) is 2.30. The minimum absolute atomic E-state index is 0. The van der Waals surface area contributed by atoms with Crippen LogP contribution >= 0.6 is 24.0 Å². The first-order valence-corrected chi connectivity index (χ1v) is 8.24. The van der Waals surface area contributed by atoms with Crippen LogP contribution in [0.4, 0.5) is 4.39 Å². The average molecular weight is 470 g/mol. The van der Waals surface area contributed by atoms with Crippen LogP contribution in [0.25, 0.3) is 0 Å². The van der Waals surface area contributed by atoms with Gasteiger partial charge in [-0.25, -0.2) is 9.38 Å². The second kappa shape index (κ2) is 11.5. The van der Waals surface area contributed by atoms with Gasteiger partial charge in [-0.05, 0) is 42.7 Å². The molecule has 2 aromatic rings. The summed E-state index contributed by atoms with van der Waals surface area (Å²) in [7, 11) is 0. The second-order valence-electron chi connectivity index (χ2n) is 5.52. The van der Waals surface area contributed by atoms with Crippen molar-refractivity contribution in [3.8, 4) is 0 Å². The van der Waals surface area contributed by atoms with Crippen molar-refractivity contribution >= 4 is 35.8 Å². The van der Waals surface area contributed by atoms with Gasteiger partial charge in [-0.2, -0.15) is 0 Å². The van der Waals surface area contributed by atoms with Crippen LogP contribution in [0.1, 0.15) is 28.4 Å². The first kappa shape index (κ1) is 21.9. The summed E-state index contributed by atoms with van der Waals surface area (Å²) in [4.78, 5) is 15.6. The Morgan fingerprint density at radius 2 is 1.81 bits per heavy atom. The molecule has 26 heavy (non-hydrogen) atoms. The molecule has 0 atom stereocenters. The molecule has 5 nitrogen and oxygen atoms in total. The largest absolute Gasteiger partial charge is 0.366 e. The molecule has 0 saturated heterocycles. The fraction of sp³-hybridized carbons (Fsp3) is 0.263. The Kier molecular flexibility index (Phi) is 9.64. The summed E-state index contributed by atoms with van der Waals surface area (Å²) in [5.41, 5.74) is 7.34. The fourth-order valence-electron chi connectivity index (χ4n) is 2.30. The van der Waals surface area contributed by atoms with E-state index in [1.165, 1.54) is 6.07 Å². The number of hydrogen-bond donors (Lipinski definition) is 3. The Hall–Kier alpha value is -2.16. The van der Waals surface area contributed by atoms with Crippen LogP contribution in [0.15, 0.2) is 53.5 Å². The first-order valence-electron chi connectivity index (χ1n) is 8.24. The lowest BCUT2D eigenvalue weighted by Gasteiger charge is -2.11.